The monoisotopic (exact) mass is 369 g/mol. The summed E-state index contributed by atoms with van der Waals surface area (Å²) in [5.74, 6) is -0.658. The van der Waals surface area contributed by atoms with Crippen molar-refractivity contribution in [1.29, 1.82) is 0 Å². The highest BCUT2D eigenvalue weighted by molar-refractivity contribution is 6.05. The van der Waals surface area contributed by atoms with Gasteiger partial charge < -0.3 is 9.47 Å². The summed E-state index contributed by atoms with van der Waals surface area (Å²) >= 11 is 0. The van der Waals surface area contributed by atoms with Gasteiger partial charge in [-0.2, -0.15) is 0 Å². The zero-order valence-electron chi connectivity index (χ0n) is 14.7. The van der Waals surface area contributed by atoms with Crippen molar-refractivity contribution in [2.75, 3.05) is 0 Å². The molecule has 136 valence electrons. The van der Waals surface area contributed by atoms with E-state index in [1.165, 1.54) is 0 Å². The van der Waals surface area contributed by atoms with Crippen LogP contribution in [0.15, 0.2) is 91.0 Å². The molecule has 0 atom stereocenters. The number of hydrogen-bond acceptors (Lipinski definition) is 5. The smallest absolute Gasteiger partial charge is 0.363 e. The topological polar surface area (TPSA) is 65.5 Å². The average Bonchev–Trinajstić information content (AvgIpc) is 2.74. The summed E-state index contributed by atoms with van der Waals surface area (Å²) in [6.07, 6.45) is 0. The van der Waals surface area contributed by atoms with Crippen LogP contribution in [-0.4, -0.2) is 16.9 Å². The van der Waals surface area contributed by atoms with Gasteiger partial charge in [0, 0.05) is 5.39 Å². The van der Waals surface area contributed by atoms with Gasteiger partial charge in [-0.3, -0.25) is 0 Å². The molecule has 1 aromatic heterocycles. The van der Waals surface area contributed by atoms with Gasteiger partial charge in [-0.1, -0.05) is 54.6 Å². The van der Waals surface area contributed by atoms with Crippen LogP contribution < -0.4 is 9.47 Å². The highest BCUT2D eigenvalue weighted by Gasteiger charge is 2.23. The molecule has 4 rings (SSSR count). The molecule has 1 heterocycles. The van der Waals surface area contributed by atoms with Gasteiger partial charge in [0.25, 0.3) is 0 Å². The highest BCUT2D eigenvalue weighted by atomic mass is 16.5. The van der Waals surface area contributed by atoms with E-state index in [4.69, 9.17) is 9.47 Å². The van der Waals surface area contributed by atoms with Crippen molar-refractivity contribution in [3.8, 4) is 11.5 Å². The van der Waals surface area contributed by atoms with Gasteiger partial charge in [0.05, 0.1) is 11.1 Å². The molecule has 5 heteroatoms. The standard InChI is InChI=1S/C23H15NO4/c25-22(27-17-10-3-1-4-11-17)19-15-16-9-7-8-14-20(16)24-21(19)23(26)28-18-12-5-2-6-13-18/h1-15H. The van der Waals surface area contributed by atoms with Gasteiger partial charge >= 0.3 is 11.9 Å². The molecule has 0 bridgehead atoms. The van der Waals surface area contributed by atoms with Crippen LogP contribution in [0, 0.1) is 0 Å². The molecule has 0 aliphatic heterocycles. The van der Waals surface area contributed by atoms with Crippen LogP contribution in [0.5, 0.6) is 11.5 Å². The molecular formula is C23H15NO4. The predicted molar refractivity (Wildman–Crippen MR) is 105 cm³/mol. The SMILES string of the molecule is O=C(Oc1ccccc1)c1cc2ccccc2nc1C(=O)Oc1ccccc1. The van der Waals surface area contributed by atoms with Gasteiger partial charge in [0.15, 0.2) is 5.69 Å². The van der Waals surface area contributed by atoms with Gasteiger partial charge in [0.1, 0.15) is 11.5 Å². The molecule has 0 unspecified atom stereocenters. The van der Waals surface area contributed by atoms with E-state index in [-0.39, 0.29) is 11.3 Å². The van der Waals surface area contributed by atoms with Crippen molar-refractivity contribution in [3.63, 3.8) is 0 Å². The Bertz CT molecular complexity index is 1050. The fourth-order valence-electron chi connectivity index (χ4n) is 2.72. The first-order chi connectivity index (χ1) is 13.7. The Morgan fingerprint density at radius 3 is 1.82 bits per heavy atom. The molecule has 0 amide bonds. The van der Waals surface area contributed by atoms with Crippen molar-refractivity contribution >= 4 is 22.8 Å². The Labute approximate surface area is 161 Å². The second kappa shape index (κ2) is 7.72. The van der Waals surface area contributed by atoms with Crippen molar-refractivity contribution in [3.05, 3.63) is 102 Å². The first-order valence-electron chi connectivity index (χ1n) is 8.65. The van der Waals surface area contributed by atoms with E-state index >= 15 is 0 Å². The Hall–Kier alpha value is -3.99. The lowest BCUT2D eigenvalue weighted by Gasteiger charge is -2.10. The average molecular weight is 369 g/mol. The summed E-state index contributed by atoms with van der Waals surface area (Å²) in [7, 11) is 0. The minimum absolute atomic E-state index is 0.0449. The second-order valence-electron chi connectivity index (χ2n) is 5.98. The Morgan fingerprint density at radius 1 is 0.643 bits per heavy atom. The molecule has 5 nitrogen and oxygen atoms in total. The molecule has 0 spiro atoms. The third-order valence-corrected chi connectivity index (χ3v) is 4.04. The molecule has 0 radical (unpaired) electrons. The lowest BCUT2D eigenvalue weighted by Crippen LogP contribution is -2.19. The number of benzene rings is 3. The van der Waals surface area contributed by atoms with Gasteiger partial charge in [0.2, 0.25) is 0 Å². The van der Waals surface area contributed by atoms with Gasteiger partial charge in [-0.05, 0) is 36.4 Å². The van der Waals surface area contributed by atoms with Crippen LogP contribution in [0.3, 0.4) is 0 Å². The summed E-state index contributed by atoms with van der Waals surface area (Å²) in [5.41, 5.74) is 0.533. The van der Waals surface area contributed by atoms with Crippen LogP contribution in [0.1, 0.15) is 20.8 Å². The number of carbonyl (C=O) groups excluding carboxylic acids is 2. The number of fused-ring (bicyclic) bond motifs is 1. The molecule has 0 aliphatic rings. The molecule has 0 saturated carbocycles. The van der Waals surface area contributed by atoms with Gasteiger partial charge in [-0.15, -0.1) is 0 Å². The number of nitrogens with zero attached hydrogens (tertiary/aromatic N) is 1. The van der Waals surface area contributed by atoms with Crippen LogP contribution in [0.2, 0.25) is 0 Å². The summed E-state index contributed by atoms with van der Waals surface area (Å²) in [6.45, 7) is 0. The Morgan fingerprint density at radius 2 is 1.18 bits per heavy atom. The summed E-state index contributed by atoms with van der Waals surface area (Å²) in [5, 5.41) is 0.721. The molecule has 0 aliphatic carbocycles. The van der Waals surface area contributed by atoms with Crippen LogP contribution >= 0.6 is 0 Å². The lowest BCUT2D eigenvalue weighted by atomic mass is 10.1. The van der Waals surface area contributed by atoms with E-state index in [1.807, 2.05) is 30.3 Å². The fourth-order valence-corrected chi connectivity index (χ4v) is 2.72. The second-order valence-corrected chi connectivity index (χ2v) is 5.98. The van der Waals surface area contributed by atoms with E-state index in [9.17, 15) is 9.59 Å². The minimum Gasteiger partial charge on any atom is -0.423 e. The number of esters is 2. The summed E-state index contributed by atoms with van der Waals surface area (Å²) in [6, 6.07) is 26.1. The first-order valence-corrected chi connectivity index (χ1v) is 8.65. The summed E-state index contributed by atoms with van der Waals surface area (Å²) < 4.78 is 10.8. The number of pyridine rings is 1. The van der Waals surface area contributed by atoms with Crippen LogP contribution in [0.25, 0.3) is 10.9 Å². The Balaban J connectivity index is 1.74. The van der Waals surface area contributed by atoms with Crippen molar-refractivity contribution in [2.45, 2.75) is 0 Å². The van der Waals surface area contributed by atoms with Crippen molar-refractivity contribution < 1.29 is 19.1 Å². The van der Waals surface area contributed by atoms with E-state index in [0.717, 1.165) is 5.39 Å². The van der Waals surface area contributed by atoms with E-state index in [0.29, 0.717) is 17.0 Å². The molecule has 0 N–H and O–H groups in total. The van der Waals surface area contributed by atoms with Crippen molar-refractivity contribution in [2.24, 2.45) is 0 Å². The normalized spacial score (nSPS) is 10.4. The van der Waals surface area contributed by atoms with Gasteiger partial charge in [-0.25, -0.2) is 14.6 Å². The van der Waals surface area contributed by atoms with E-state index in [1.54, 1.807) is 60.7 Å². The molecule has 4 aromatic rings. The molecule has 0 fully saturated rings. The number of ether oxygens (including phenoxy) is 2. The number of aromatic nitrogens is 1. The minimum atomic E-state index is -0.725. The largest absolute Gasteiger partial charge is 0.423 e. The Kier molecular flexibility index (Phi) is 4.80. The fraction of sp³-hybridized carbons (Fsp3) is 0. The number of rotatable bonds is 4. The van der Waals surface area contributed by atoms with E-state index < -0.39 is 11.9 Å². The molecule has 28 heavy (non-hydrogen) atoms. The molecule has 3 aromatic carbocycles. The number of para-hydroxylation sites is 3. The maximum absolute atomic E-state index is 12.8. The maximum atomic E-state index is 12.8. The number of carbonyl (C=O) groups is 2. The molecular weight excluding hydrogens is 354 g/mol. The predicted octanol–water partition coefficient (Wildman–Crippen LogP) is 4.67. The van der Waals surface area contributed by atoms with Crippen molar-refractivity contribution in [1.82, 2.24) is 4.98 Å². The first kappa shape index (κ1) is 17.4. The zero-order valence-corrected chi connectivity index (χ0v) is 14.7. The third kappa shape index (κ3) is 3.73. The summed E-state index contributed by atoms with van der Waals surface area (Å²) in [4.78, 5) is 29.9. The third-order valence-electron chi connectivity index (χ3n) is 4.04. The zero-order chi connectivity index (χ0) is 19.3. The molecule has 0 saturated heterocycles. The number of hydrogen-bond donors (Lipinski definition) is 0. The maximum Gasteiger partial charge on any atom is 0.363 e. The van der Waals surface area contributed by atoms with E-state index in [2.05, 4.69) is 4.98 Å². The van der Waals surface area contributed by atoms with Crippen LogP contribution in [-0.2, 0) is 0 Å². The quantitative estimate of drug-likeness (QED) is 0.386. The highest BCUT2D eigenvalue weighted by Crippen LogP contribution is 2.21. The van der Waals surface area contributed by atoms with Crippen LogP contribution in [0.4, 0.5) is 0 Å². The lowest BCUT2D eigenvalue weighted by molar-refractivity contribution is 0.0687.